The minimum Gasteiger partial charge on any atom is -0.492 e. The van der Waals surface area contributed by atoms with Crippen LogP contribution in [0.15, 0.2) is 60.9 Å². The Morgan fingerprint density at radius 3 is 2.55 bits per heavy atom. The fraction of sp³-hybridized carbons (Fsp3) is 0.400. The Bertz CT molecular complexity index is 880. The number of nitrogens with zero attached hydrogens (tertiary/aromatic N) is 2. The number of para-hydroxylation sites is 1. The Labute approximate surface area is 184 Å². The number of carbonyl (C=O) groups excluding carboxylic acids is 1. The first-order valence-electron chi connectivity index (χ1n) is 11.0. The summed E-state index contributed by atoms with van der Waals surface area (Å²) in [6.07, 6.45) is 9.23. The molecule has 6 nitrogen and oxygen atoms in total. The molecular formula is C25H31N3O3. The lowest BCUT2D eigenvalue weighted by atomic mass is 9.96. The van der Waals surface area contributed by atoms with Gasteiger partial charge >= 0.3 is 0 Å². The lowest BCUT2D eigenvalue weighted by molar-refractivity contribution is -0.121. The molecule has 0 unspecified atom stereocenters. The average Bonchev–Trinajstić information content (AvgIpc) is 3.35. The zero-order valence-corrected chi connectivity index (χ0v) is 18.1. The number of ether oxygens (including phenoxy) is 2. The molecular weight excluding hydrogens is 390 g/mol. The highest BCUT2D eigenvalue weighted by Crippen LogP contribution is 2.21. The van der Waals surface area contributed by atoms with Crippen molar-refractivity contribution in [2.45, 2.75) is 45.4 Å². The number of hydrogen-bond donors (Lipinski definition) is 1. The van der Waals surface area contributed by atoms with Gasteiger partial charge in [0.15, 0.2) is 5.78 Å². The van der Waals surface area contributed by atoms with E-state index in [1.807, 2.05) is 48.5 Å². The lowest BCUT2D eigenvalue weighted by Crippen LogP contribution is -2.15. The molecule has 0 amide bonds. The third-order valence-electron chi connectivity index (χ3n) is 5.18. The van der Waals surface area contributed by atoms with E-state index in [0.717, 1.165) is 55.0 Å². The number of nitrogens with one attached hydrogen (secondary N) is 1. The van der Waals surface area contributed by atoms with Crippen LogP contribution in [0.1, 0.15) is 45.4 Å². The van der Waals surface area contributed by atoms with Crippen molar-refractivity contribution in [3.05, 3.63) is 60.9 Å². The number of benzene rings is 1. The summed E-state index contributed by atoms with van der Waals surface area (Å²) in [6.45, 7) is 2.97. The van der Waals surface area contributed by atoms with Crippen LogP contribution in [-0.2, 0) is 4.79 Å². The maximum Gasteiger partial charge on any atom is 0.170 e. The summed E-state index contributed by atoms with van der Waals surface area (Å²) in [4.78, 5) is 16.6. The topological polar surface area (TPSA) is 77.1 Å². The normalized spacial score (nSPS) is 11.8. The third kappa shape index (κ3) is 7.89. The molecule has 31 heavy (non-hydrogen) atoms. The molecule has 0 aliphatic heterocycles. The Morgan fingerprint density at radius 1 is 1.00 bits per heavy atom. The van der Waals surface area contributed by atoms with Crippen molar-refractivity contribution >= 4 is 5.78 Å². The maximum atomic E-state index is 12.1. The molecule has 1 atom stereocenters. The molecule has 0 radical (unpaired) electrons. The van der Waals surface area contributed by atoms with E-state index in [0.29, 0.717) is 18.9 Å². The molecule has 2 aromatic heterocycles. The van der Waals surface area contributed by atoms with E-state index < -0.39 is 0 Å². The quantitative estimate of drug-likeness (QED) is 0.373. The van der Waals surface area contributed by atoms with Gasteiger partial charge in [-0.05, 0) is 55.5 Å². The number of rotatable bonds is 14. The molecule has 0 saturated carbocycles. The molecule has 3 rings (SSSR count). The fourth-order valence-electron chi connectivity index (χ4n) is 3.38. The number of unbranched alkanes of at least 4 members (excludes halogenated alkanes) is 1. The van der Waals surface area contributed by atoms with E-state index in [9.17, 15) is 4.79 Å². The first-order chi connectivity index (χ1) is 15.2. The summed E-state index contributed by atoms with van der Waals surface area (Å²) in [5, 5.41) is 6.86. The molecule has 0 bridgehead atoms. The number of aromatic nitrogens is 3. The van der Waals surface area contributed by atoms with Crippen molar-refractivity contribution in [3.8, 4) is 22.9 Å². The van der Waals surface area contributed by atoms with Crippen LogP contribution in [0.2, 0.25) is 0 Å². The number of hydrogen-bond acceptors (Lipinski definition) is 5. The van der Waals surface area contributed by atoms with Gasteiger partial charge in [-0.15, -0.1) is 0 Å². The minimum atomic E-state index is 0.133. The molecule has 6 heteroatoms. The zero-order valence-electron chi connectivity index (χ0n) is 18.1. The van der Waals surface area contributed by atoms with Crippen LogP contribution in [0.5, 0.6) is 11.5 Å². The smallest absolute Gasteiger partial charge is 0.170 e. The van der Waals surface area contributed by atoms with E-state index in [2.05, 4.69) is 22.1 Å². The van der Waals surface area contributed by atoms with Gasteiger partial charge in [0.25, 0.3) is 0 Å². The van der Waals surface area contributed by atoms with E-state index in [1.54, 1.807) is 12.4 Å². The number of pyridine rings is 1. The highest BCUT2D eigenvalue weighted by atomic mass is 16.5. The third-order valence-corrected chi connectivity index (χ3v) is 5.18. The fourth-order valence-corrected chi connectivity index (χ4v) is 3.38. The van der Waals surface area contributed by atoms with Crippen LogP contribution in [0, 0.1) is 5.92 Å². The van der Waals surface area contributed by atoms with E-state index >= 15 is 0 Å². The Morgan fingerprint density at radius 2 is 1.84 bits per heavy atom. The lowest BCUT2D eigenvalue weighted by Gasteiger charge is -2.17. The Balaban J connectivity index is 1.40. The molecule has 3 aromatic rings. The summed E-state index contributed by atoms with van der Waals surface area (Å²) < 4.78 is 11.5. The van der Waals surface area contributed by atoms with Gasteiger partial charge < -0.3 is 9.47 Å². The number of H-pyrrole nitrogens is 1. The molecule has 0 aliphatic rings. The highest BCUT2D eigenvalue weighted by molar-refractivity contribution is 5.79. The minimum absolute atomic E-state index is 0.133. The molecule has 1 aromatic carbocycles. The van der Waals surface area contributed by atoms with E-state index in [4.69, 9.17) is 9.47 Å². The standard InChI is InChI=1S/C25H31N3O3/c1-2-3-8-20(9-7-10-21(29)19-31-22-11-5-4-6-12-22)18-30-23-13-14-24(26-17-23)25-15-16-27-28-25/h4-6,11-17,20H,2-3,7-10,18-19H2,1H3,(H,27,28)/t20-/m1/s1. The average molecular weight is 422 g/mol. The van der Waals surface area contributed by atoms with Gasteiger partial charge in [0, 0.05) is 12.6 Å². The SMILES string of the molecule is CCCC[C@H](CCCC(=O)COc1ccccc1)COc1ccc(-c2ccn[nH]2)nc1. The Kier molecular flexibility index (Phi) is 9.10. The van der Waals surface area contributed by atoms with E-state index in [1.165, 1.54) is 0 Å². The summed E-state index contributed by atoms with van der Waals surface area (Å²) in [5.74, 6) is 2.06. The van der Waals surface area contributed by atoms with Gasteiger partial charge in [0.05, 0.1) is 24.2 Å². The first-order valence-corrected chi connectivity index (χ1v) is 11.0. The summed E-state index contributed by atoms with van der Waals surface area (Å²) >= 11 is 0. The number of Topliss-reactive ketones (excluding diaryl/α,β-unsaturated/α-hetero) is 1. The van der Waals surface area contributed by atoms with Crippen molar-refractivity contribution < 1.29 is 14.3 Å². The molecule has 164 valence electrons. The number of carbonyl (C=O) groups is 1. The predicted octanol–water partition coefficient (Wildman–Crippen LogP) is 5.48. The van der Waals surface area contributed by atoms with Gasteiger partial charge in [-0.2, -0.15) is 5.10 Å². The molecule has 0 saturated heterocycles. The molecule has 0 fully saturated rings. The second-order valence-electron chi connectivity index (χ2n) is 7.70. The van der Waals surface area contributed by atoms with Gasteiger partial charge in [-0.1, -0.05) is 38.0 Å². The largest absolute Gasteiger partial charge is 0.492 e. The van der Waals surface area contributed by atoms with Crippen LogP contribution >= 0.6 is 0 Å². The van der Waals surface area contributed by atoms with Crippen LogP contribution in [0.4, 0.5) is 0 Å². The summed E-state index contributed by atoms with van der Waals surface area (Å²) in [5.41, 5.74) is 1.72. The summed E-state index contributed by atoms with van der Waals surface area (Å²) in [7, 11) is 0. The Hall–Kier alpha value is -3.15. The van der Waals surface area contributed by atoms with Gasteiger partial charge in [0.1, 0.15) is 18.1 Å². The van der Waals surface area contributed by atoms with Crippen LogP contribution in [0.25, 0.3) is 11.4 Å². The molecule has 1 N–H and O–H groups in total. The van der Waals surface area contributed by atoms with Crippen molar-refractivity contribution in [3.63, 3.8) is 0 Å². The molecule has 2 heterocycles. The van der Waals surface area contributed by atoms with Gasteiger partial charge in [0.2, 0.25) is 0 Å². The molecule has 0 spiro atoms. The maximum absolute atomic E-state index is 12.1. The second kappa shape index (κ2) is 12.5. The van der Waals surface area contributed by atoms with Crippen LogP contribution < -0.4 is 9.47 Å². The second-order valence-corrected chi connectivity index (χ2v) is 7.70. The summed E-state index contributed by atoms with van der Waals surface area (Å²) in [6, 6.07) is 15.2. The number of ketones is 1. The van der Waals surface area contributed by atoms with Crippen LogP contribution in [0.3, 0.4) is 0 Å². The van der Waals surface area contributed by atoms with Crippen molar-refractivity contribution in [2.75, 3.05) is 13.2 Å². The monoisotopic (exact) mass is 421 g/mol. The van der Waals surface area contributed by atoms with Gasteiger partial charge in [-0.25, -0.2) is 0 Å². The van der Waals surface area contributed by atoms with Crippen molar-refractivity contribution in [1.29, 1.82) is 0 Å². The van der Waals surface area contributed by atoms with Crippen molar-refractivity contribution in [1.82, 2.24) is 15.2 Å². The number of aromatic amines is 1. The van der Waals surface area contributed by atoms with Crippen LogP contribution in [-0.4, -0.2) is 34.2 Å². The highest BCUT2D eigenvalue weighted by Gasteiger charge is 2.12. The predicted molar refractivity (Wildman–Crippen MR) is 121 cm³/mol. The first kappa shape index (κ1) is 22.5. The van der Waals surface area contributed by atoms with E-state index in [-0.39, 0.29) is 12.4 Å². The zero-order chi connectivity index (χ0) is 21.7. The van der Waals surface area contributed by atoms with Crippen molar-refractivity contribution in [2.24, 2.45) is 5.92 Å². The van der Waals surface area contributed by atoms with Gasteiger partial charge in [-0.3, -0.25) is 14.9 Å². The molecule has 0 aliphatic carbocycles.